The zero-order chi connectivity index (χ0) is 19.5. The van der Waals surface area contributed by atoms with Crippen LogP contribution in [0.5, 0.6) is 0 Å². The van der Waals surface area contributed by atoms with Crippen molar-refractivity contribution in [2.45, 2.75) is 20.6 Å². The van der Waals surface area contributed by atoms with E-state index in [9.17, 15) is 52.7 Å². The van der Waals surface area contributed by atoms with Crippen molar-refractivity contribution in [1.29, 1.82) is 0 Å². The second-order valence-corrected chi connectivity index (χ2v) is 6.50. The highest BCUT2D eigenvalue weighted by atomic mass is 127. The largest absolute Gasteiger partial charge is 0.368 e. The molecule has 0 aliphatic rings. The van der Waals surface area contributed by atoms with Crippen LogP contribution >= 0.6 is 38.5 Å². The number of halogens is 14. The van der Waals surface area contributed by atoms with Crippen molar-refractivity contribution >= 4 is 38.5 Å². The molecule has 0 aliphatic heterocycles. The molecule has 0 bridgehead atoms. The number of rotatable bonds is 4. The fraction of sp³-hybridized carbons (Fsp3) is 0.400. The van der Waals surface area contributed by atoms with Gasteiger partial charge in [0.1, 0.15) is 11.1 Å². The van der Waals surface area contributed by atoms with E-state index in [0.29, 0.717) is 0 Å². The molecule has 14 heteroatoms. The van der Waals surface area contributed by atoms with Gasteiger partial charge in [0.05, 0.1) is 0 Å². The van der Waals surface area contributed by atoms with Gasteiger partial charge in [-0.2, -0.15) is 35.1 Å². The highest BCUT2D eigenvalue weighted by Gasteiger charge is 2.63. The Bertz CT molecular complexity index is 573. The molecule has 0 unspecified atom stereocenters. The second-order valence-electron chi connectivity index (χ2n) is 4.15. The molecule has 1 aromatic rings. The van der Waals surface area contributed by atoms with Crippen LogP contribution in [0.15, 0.2) is 0 Å². The van der Waals surface area contributed by atoms with Crippen LogP contribution in [0.4, 0.5) is 52.7 Å². The Hall–Kier alpha value is -0.410. The van der Waals surface area contributed by atoms with Crippen LogP contribution in [0.2, 0.25) is 0 Å². The minimum atomic E-state index is -5.94. The Labute approximate surface area is 146 Å². The van der Waals surface area contributed by atoms with Crippen molar-refractivity contribution in [3.63, 3.8) is 0 Å². The normalized spacial score (nSPS) is 14.2. The molecule has 0 amide bonds. The number of alkyl halides is 10. The lowest BCUT2D eigenvalue weighted by atomic mass is 9.99. The van der Waals surface area contributed by atoms with E-state index < -0.39 is 55.0 Å². The highest BCUT2D eigenvalue weighted by molar-refractivity contribution is 14.1. The van der Waals surface area contributed by atoms with Crippen LogP contribution in [0.3, 0.4) is 0 Å². The molecular weight excluding hydrogens is 555 g/mol. The summed E-state index contributed by atoms with van der Waals surface area (Å²) in [7, 11) is 0. The fourth-order valence-electron chi connectivity index (χ4n) is 1.47. The maximum atomic E-state index is 13.5. The third kappa shape index (κ3) is 3.19. The van der Waals surface area contributed by atoms with Crippen LogP contribution < -0.4 is 0 Å². The smallest absolute Gasteiger partial charge is 0.203 e. The average Bonchev–Trinajstić information content (AvgIpc) is 2.33. The molecule has 0 aromatic heterocycles. The van der Waals surface area contributed by atoms with E-state index in [0.717, 1.165) is 15.9 Å². The third-order valence-corrected chi connectivity index (χ3v) is 3.78. The summed E-state index contributed by atoms with van der Waals surface area (Å²) in [4.78, 5) is -5.45. The van der Waals surface area contributed by atoms with Crippen LogP contribution in [0.1, 0.15) is 11.1 Å². The molecule has 0 nitrogen and oxygen atoms in total. The van der Waals surface area contributed by atoms with Gasteiger partial charge in [-0.1, -0.05) is 0 Å². The van der Waals surface area contributed by atoms with Crippen molar-refractivity contribution < 1.29 is 52.7 Å². The SMILES string of the molecule is Fc1c(F)c(C(F)(F)C(F)(F)I)c(F)c(F)c1C(F)(F)C(F)(F)Br. The molecule has 1 rings (SSSR count). The third-order valence-electron chi connectivity index (χ3n) is 2.60. The summed E-state index contributed by atoms with van der Waals surface area (Å²) in [5.41, 5.74) is -6.45. The molecule has 24 heavy (non-hydrogen) atoms. The number of benzene rings is 1. The molecule has 0 saturated carbocycles. The number of hydrogen-bond acceptors (Lipinski definition) is 0. The summed E-state index contributed by atoms with van der Waals surface area (Å²) in [6.45, 7) is 0. The average molecular weight is 555 g/mol. The minimum Gasteiger partial charge on any atom is -0.203 e. The van der Waals surface area contributed by atoms with Crippen LogP contribution in [0.25, 0.3) is 0 Å². The van der Waals surface area contributed by atoms with Gasteiger partial charge in [0.25, 0.3) is 0 Å². The van der Waals surface area contributed by atoms with Gasteiger partial charge < -0.3 is 0 Å². The quantitative estimate of drug-likeness (QED) is 0.174. The summed E-state index contributed by atoms with van der Waals surface area (Å²) < 4.78 is 152. The molecule has 0 aliphatic carbocycles. The molecule has 0 radical (unpaired) electrons. The summed E-state index contributed by atoms with van der Waals surface area (Å²) in [5, 5.41) is 0. The van der Waals surface area contributed by atoms with Gasteiger partial charge in [-0.15, -0.1) is 0 Å². The Morgan fingerprint density at radius 1 is 0.583 bits per heavy atom. The van der Waals surface area contributed by atoms with Crippen molar-refractivity contribution in [2.75, 3.05) is 0 Å². The number of hydrogen-bond donors (Lipinski definition) is 0. The monoisotopic (exact) mass is 554 g/mol. The summed E-state index contributed by atoms with van der Waals surface area (Å²) >= 11 is 0.693. The van der Waals surface area contributed by atoms with Crippen LogP contribution in [-0.4, -0.2) is 8.76 Å². The molecule has 0 fully saturated rings. The molecular formula is C10BrF12I. The molecule has 0 atom stereocenters. The first-order valence-electron chi connectivity index (χ1n) is 5.15. The van der Waals surface area contributed by atoms with Crippen molar-refractivity contribution in [1.82, 2.24) is 0 Å². The zero-order valence-corrected chi connectivity index (χ0v) is 14.0. The molecule has 0 saturated heterocycles. The first-order valence-corrected chi connectivity index (χ1v) is 7.02. The maximum absolute atomic E-state index is 13.5. The Morgan fingerprint density at radius 2 is 0.833 bits per heavy atom. The van der Waals surface area contributed by atoms with Crippen molar-refractivity contribution in [2.24, 2.45) is 0 Å². The Kier molecular flexibility index (Phi) is 5.49. The van der Waals surface area contributed by atoms with E-state index in [2.05, 4.69) is 0 Å². The van der Waals surface area contributed by atoms with Crippen molar-refractivity contribution in [3.8, 4) is 0 Å². The van der Waals surface area contributed by atoms with Crippen LogP contribution in [-0.2, 0) is 11.8 Å². The standard InChI is InChI=1S/C10BrF12I/c11-9(20,21)7(16,17)1-3(12)5(14)2(6(15)4(1)13)8(18,19)10(22,23)24. The Balaban J connectivity index is 3.91. The molecule has 0 spiro atoms. The predicted octanol–water partition coefficient (Wildman–Crippen LogP) is 6.44. The zero-order valence-electron chi connectivity index (χ0n) is 10.3. The lowest BCUT2D eigenvalue weighted by molar-refractivity contribution is -0.160. The Morgan fingerprint density at radius 3 is 1.04 bits per heavy atom. The maximum Gasteiger partial charge on any atom is 0.368 e. The predicted molar refractivity (Wildman–Crippen MR) is 66.9 cm³/mol. The van der Waals surface area contributed by atoms with Crippen LogP contribution in [0, 0.1) is 23.3 Å². The van der Waals surface area contributed by atoms with Gasteiger partial charge in [-0.3, -0.25) is 0 Å². The second kappa shape index (κ2) is 6.09. The van der Waals surface area contributed by atoms with Crippen molar-refractivity contribution in [3.05, 3.63) is 34.4 Å². The lowest BCUT2D eigenvalue weighted by Gasteiger charge is -2.26. The minimum absolute atomic E-state index is 0.320. The first kappa shape index (κ1) is 21.6. The van der Waals surface area contributed by atoms with E-state index in [4.69, 9.17) is 0 Å². The summed E-state index contributed by atoms with van der Waals surface area (Å²) in [6, 6.07) is 0. The fourth-order valence-corrected chi connectivity index (χ4v) is 1.93. The summed E-state index contributed by atoms with van der Waals surface area (Å²) in [6.07, 6.45) is 0. The van der Waals surface area contributed by atoms with E-state index in [1.54, 1.807) is 0 Å². The lowest BCUT2D eigenvalue weighted by Crippen LogP contribution is -2.38. The van der Waals surface area contributed by atoms with Gasteiger partial charge in [-0.05, 0) is 15.9 Å². The van der Waals surface area contributed by atoms with Gasteiger partial charge in [0, 0.05) is 22.6 Å². The van der Waals surface area contributed by atoms with Gasteiger partial charge in [-0.25, -0.2) is 17.6 Å². The van der Waals surface area contributed by atoms with Gasteiger partial charge in [0.2, 0.25) is 0 Å². The van der Waals surface area contributed by atoms with Gasteiger partial charge >= 0.3 is 20.6 Å². The van der Waals surface area contributed by atoms with E-state index in [1.807, 2.05) is 0 Å². The summed E-state index contributed by atoms with van der Waals surface area (Å²) in [5.74, 6) is -25.3. The molecule has 0 heterocycles. The van der Waals surface area contributed by atoms with E-state index in [1.165, 1.54) is 0 Å². The molecule has 0 N–H and O–H groups in total. The van der Waals surface area contributed by atoms with Gasteiger partial charge in [0.15, 0.2) is 23.3 Å². The molecule has 1 aromatic carbocycles. The first-order chi connectivity index (χ1) is 10.4. The van der Waals surface area contributed by atoms with E-state index >= 15 is 0 Å². The molecule has 138 valence electrons. The highest BCUT2D eigenvalue weighted by Crippen LogP contribution is 2.53. The van der Waals surface area contributed by atoms with E-state index in [-0.39, 0.29) is 22.6 Å². The topological polar surface area (TPSA) is 0 Å².